The van der Waals surface area contributed by atoms with Crippen molar-refractivity contribution < 1.29 is 23.4 Å². The van der Waals surface area contributed by atoms with E-state index in [1.807, 2.05) is 0 Å². The van der Waals surface area contributed by atoms with Crippen LogP contribution in [-0.4, -0.2) is 34.8 Å². The third-order valence-corrected chi connectivity index (χ3v) is 4.15. The second kappa shape index (κ2) is 6.04. The third kappa shape index (κ3) is 3.45. The van der Waals surface area contributed by atoms with Gasteiger partial charge in [0.1, 0.15) is 5.56 Å². The largest absolute Gasteiger partial charge is 0.478 e. The van der Waals surface area contributed by atoms with E-state index in [1.54, 1.807) is 24.3 Å². The Hall–Kier alpha value is -2.23. The molecule has 0 unspecified atom stereocenters. The lowest BCUT2D eigenvalue weighted by molar-refractivity contribution is 0.0692. The van der Waals surface area contributed by atoms with Gasteiger partial charge in [-0.05, 0) is 11.1 Å². The first-order chi connectivity index (χ1) is 9.94. The number of aromatic carboxylic acids is 1. The molecule has 8 nitrogen and oxygen atoms in total. The van der Waals surface area contributed by atoms with Crippen LogP contribution >= 0.6 is 0 Å². The molecule has 0 fully saturated rings. The number of H-pyrrole nitrogens is 1. The Bertz CT molecular complexity index is 737. The molecule has 0 aliphatic heterocycles. The van der Waals surface area contributed by atoms with Crippen molar-refractivity contribution in [3.63, 3.8) is 0 Å². The quantitative estimate of drug-likeness (QED) is 0.597. The molecule has 0 saturated carbocycles. The Morgan fingerprint density at radius 1 is 1.24 bits per heavy atom. The molecule has 2 aromatic rings. The van der Waals surface area contributed by atoms with Crippen LogP contribution in [0.1, 0.15) is 21.5 Å². The minimum Gasteiger partial charge on any atom is -0.478 e. The highest BCUT2D eigenvalue weighted by Crippen LogP contribution is 2.12. The van der Waals surface area contributed by atoms with Crippen molar-refractivity contribution in [2.24, 2.45) is 0 Å². The fraction of sp³-hybridized carbons (Fsp3) is 0.167. The molecule has 0 spiro atoms. The number of nitrogens with one attached hydrogen (secondary N) is 2. The van der Waals surface area contributed by atoms with Gasteiger partial charge in [-0.3, -0.25) is 5.10 Å². The predicted molar refractivity (Wildman–Crippen MR) is 71.9 cm³/mol. The van der Waals surface area contributed by atoms with Crippen molar-refractivity contribution in [3.8, 4) is 0 Å². The number of sulfonamides is 1. The number of aromatic nitrogens is 2. The van der Waals surface area contributed by atoms with Crippen LogP contribution in [0.3, 0.4) is 0 Å². The summed E-state index contributed by atoms with van der Waals surface area (Å²) in [6.45, 7) is -0.103. The van der Waals surface area contributed by atoms with Gasteiger partial charge >= 0.3 is 5.97 Å². The first-order valence-corrected chi connectivity index (χ1v) is 7.37. The van der Waals surface area contributed by atoms with Crippen molar-refractivity contribution in [2.75, 3.05) is 0 Å². The second-order valence-electron chi connectivity index (χ2n) is 4.22. The van der Waals surface area contributed by atoms with E-state index in [9.17, 15) is 13.2 Å². The van der Waals surface area contributed by atoms with E-state index in [1.165, 1.54) is 0 Å². The molecular weight excluding hydrogens is 298 g/mol. The number of aromatic amines is 1. The van der Waals surface area contributed by atoms with Gasteiger partial charge in [0.05, 0.1) is 12.8 Å². The molecule has 1 aromatic heterocycles. The normalized spacial score (nSPS) is 11.5. The molecule has 9 heteroatoms. The first-order valence-electron chi connectivity index (χ1n) is 5.89. The molecule has 0 atom stereocenters. The van der Waals surface area contributed by atoms with E-state index < -0.39 is 26.6 Å². The average Bonchev–Trinajstić information content (AvgIpc) is 2.96. The average molecular weight is 311 g/mol. The Kier molecular flexibility index (Phi) is 4.36. The summed E-state index contributed by atoms with van der Waals surface area (Å²) >= 11 is 0. The fourth-order valence-electron chi connectivity index (χ4n) is 1.64. The van der Waals surface area contributed by atoms with Crippen LogP contribution in [0.15, 0.2) is 35.5 Å². The van der Waals surface area contributed by atoms with Gasteiger partial charge in [-0.1, -0.05) is 24.3 Å². The van der Waals surface area contributed by atoms with Crippen molar-refractivity contribution in [2.45, 2.75) is 18.2 Å². The number of hydrogen-bond donors (Lipinski definition) is 4. The molecule has 0 aliphatic carbocycles. The number of carboxylic acid groups (broad SMARTS) is 1. The number of carboxylic acids is 1. The summed E-state index contributed by atoms with van der Waals surface area (Å²) in [6, 6.07) is 6.67. The topological polar surface area (TPSA) is 132 Å². The van der Waals surface area contributed by atoms with Crippen molar-refractivity contribution in [1.82, 2.24) is 14.9 Å². The minimum atomic E-state index is -4.00. The Morgan fingerprint density at radius 2 is 1.86 bits per heavy atom. The number of benzene rings is 1. The van der Waals surface area contributed by atoms with Crippen LogP contribution in [0.25, 0.3) is 0 Å². The maximum absolute atomic E-state index is 12.0. The van der Waals surface area contributed by atoms with Crippen LogP contribution in [-0.2, 0) is 23.2 Å². The number of aliphatic hydroxyl groups is 1. The third-order valence-electron chi connectivity index (χ3n) is 2.78. The van der Waals surface area contributed by atoms with Crippen LogP contribution in [0.4, 0.5) is 0 Å². The predicted octanol–water partition coefficient (Wildman–Crippen LogP) is 0.0787. The summed E-state index contributed by atoms with van der Waals surface area (Å²) in [6.07, 6.45) is 0.937. The van der Waals surface area contributed by atoms with E-state index in [-0.39, 0.29) is 13.2 Å². The van der Waals surface area contributed by atoms with Crippen molar-refractivity contribution >= 4 is 16.0 Å². The molecule has 0 aliphatic rings. The van der Waals surface area contributed by atoms with Gasteiger partial charge in [0.25, 0.3) is 10.0 Å². The molecule has 1 heterocycles. The van der Waals surface area contributed by atoms with Gasteiger partial charge in [-0.15, -0.1) is 0 Å². The highest BCUT2D eigenvalue weighted by molar-refractivity contribution is 7.89. The second-order valence-corrected chi connectivity index (χ2v) is 5.92. The van der Waals surface area contributed by atoms with Crippen molar-refractivity contribution in [1.29, 1.82) is 0 Å². The summed E-state index contributed by atoms with van der Waals surface area (Å²) in [4.78, 5) is 10.9. The molecule has 0 amide bonds. The number of nitrogens with zero attached hydrogens (tertiary/aromatic N) is 1. The summed E-state index contributed by atoms with van der Waals surface area (Å²) in [5, 5.41) is 22.9. The number of rotatable bonds is 6. The van der Waals surface area contributed by atoms with Crippen LogP contribution in [0, 0.1) is 0 Å². The molecule has 0 saturated heterocycles. The van der Waals surface area contributed by atoms with Gasteiger partial charge in [-0.2, -0.15) is 5.10 Å². The Labute approximate surface area is 120 Å². The lowest BCUT2D eigenvalue weighted by atomic mass is 10.1. The molecule has 4 N–H and O–H groups in total. The summed E-state index contributed by atoms with van der Waals surface area (Å²) in [7, 11) is -4.00. The molecular formula is C12H13N3O5S. The lowest BCUT2D eigenvalue weighted by Crippen LogP contribution is -2.25. The van der Waals surface area contributed by atoms with Gasteiger partial charge < -0.3 is 10.2 Å². The van der Waals surface area contributed by atoms with Crippen LogP contribution < -0.4 is 4.72 Å². The number of aliphatic hydroxyl groups excluding tert-OH is 1. The molecule has 2 rings (SSSR count). The Morgan fingerprint density at radius 3 is 2.43 bits per heavy atom. The molecule has 112 valence electrons. The maximum Gasteiger partial charge on any atom is 0.340 e. The van der Waals surface area contributed by atoms with Gasteiger partial charge in [0, 0.05) is 6.54 Å². The smallest absolute Gasteiger partial charge is 0.340 e. The number of carbonyl (C=O) groups is 1. The van der Waals surface area contributed by atoms with Gasteiger partial charge in [0.2, 0.25) is 0 Å². The molecule has 21 heavy (non-hydrogen) atoms. The van der Waals surface area contributed by atoms with Crippen molar-refractivity contribution in [3.05, 3.63) is 47.2 Å². The highest BCUT2D eigenvalue weighted by atomic mass is 32.2. The minimum absolute atomic E-state index is 0.00782. The van der Waals surface area contributed by atoms with E-state index in [2.05, 4.69) is 14.9 Å². The molecule has 1 aromatic carbocycles. The summed E-state index contributed by atoms with van der Waals surface area (Å²) < 4.78 is 26.3. The zero-order valence-corrected chi connectivity index (χ0v) is 11.6. The zero-order valence-electron chi connectivity index (χ0n) is 10.8. The maximum atomic E-state index is 12.0. The Balaban J connectivity index is 2.14. The van der Waals surface area contributed by atoms with Gasteiger partial charge in [-0.25, -0.2) is 17.9 Å². The zero-order chi connectivity index (χ0) is 15.5. The number of hydrogen-bond acceptors (Lipinski definition) is 5. The summed E-state index contributed by atoms with van der Waals surface area (Å²) in [5.74, 6) is -1.38. The standard InChI is InChI=1S/C12H13N3O5S/c16-7-9-3-1-8(2-4-9)5-14-21(19,20)11-10(12(17)18)6-13-15-11/h1-4,6,14,16H,5,7H2,(H,13,15)(H,17,18). The van der Waals surface area contributed by atoms with Crippen LogP contribution in [0.2, 0.25) is 0 Å². The van der Waals surface area contributed by atoms with E-state index in [0.717, 1.165) is 6.20 Å². The lowest BCUT2D eigenvalue weighted by Gasteiger charge is -2.06. The fourth-order valence-corrected chi connectivity index (χ4v) is 2.75. The van der Waals surface area contributed by atoms with E-state index >= 15 is 0 Å². The monoisotopic (exact) mass is 311 g/mol. The summed E-state index contributed by atoms with van der Waals surface area (Å²) in [5.41, 5.74) is 0.966. The SMILES string of the molecule is O=C(O)c1cn[nH]c1S(=O)(=O)NCc1ccc(CO)cc1. The molecule has 0 bridgehead atoms. The first kappa shape index (κ1) is 15.2. The van der Waals surface area contributed by atoms with E-state index in [0.29, 0.717) is 11.1 Å². The van der Waals surface area contributed by atoms with Crippen LogP contribution in [0.5, 0.6) is 0 Å². The molecule has 0 radical (unpaired) electrons. The van der Waals surface area contributed by atoms with E-state index in [4.69, 9.17) is 10.2 Å². The van der Waals surface area contributed by atoms with Gasteiger partial charge in [0.15, 0.2) is 5.03 Å². The highest BCUT2D eigenvalue weighted by Gasteiger charge is 2.24.